The molecule has 2 aromatic heterocycles. The number of aromatic nitrogens is 2. The highest BCUT2D eigenvalue weighted by Gasteiger charge is 2.11. The molecule has 0 fully saturated rings. The third-order valence-electron chi connectivity index (χ3n) is 2.74. The highest BCUT2D eigenvalue weighted by atomic mass is 32.2. The third-order valence-corrected chi connectivity index (χ3v) is 4.65. The van der Waals surface area contributed by atoms with Gasteiger partial charge in [-0.25, -0.2) is 0 Å². The van der Waals surface area contributed by atoms with Crippen LogP contribution in [-0.2, 0) is 5.75 Å². The molecular weight excluding hydrogens is 306 g/mol. The van der Waals surface area contributed by atoms with Crippen molar-refractivity contribution in [3.63, 3.8) is 0 Å². The van der Waals surface area contributed by atoms with Gasteiger partial charge in [0.25, 0.3) is 5.89 Å². The van der Waals surface area contributed by atoms with Crippen LogP contribution in [0.25, 0.3) is 10.8 Å². The first kappa shape index (κ1) is 14.0. The molecule has 0 atom stereocenters. The molecule has 0 unspecified atom stereocenters. The minimum Gasteiger partial charge on any atom is -0.496 e. The zero-order valence-electron chi connectivity index (χ0n) is 11.3. The zero-order valence-corrected chi connectivity index (χ0v) is 12.9. The van der Waals surface area contributed by atoms with Crippen LogP contribution in [0, 0.1) is 0 Å². The number of hydrogen-bond acceptors (Lipinski definition) is 7. The molecule has 108 valence electrons. The minimum absolute atomic E-state index is 0.560. The summed E-state index contributed by atoms with van der Waals surface area (Å²) in [4.78, 5) is 6.36. The molecule has 0 aliphatic carbocycles. The van der Waals surface area contributed by atoms with Gasteiger partial charge >= 0.3 is 0 Å². The van der Waals surface area contributed by atoms with Crippen LogP contribution in [0.3, 0.4) is 0 Å². The van der Waals surface area contributed by atoms with E-state index >= 15 is 0 Å². The van der Waals surface area contributed by atoms with Gasteiger partial charge in [0.05, 0.1) is 17.7 Å². The van der Waals surface area contributed by atoms with Crippen molar-refractivity contribution >= 4 is 28.8 Å². The van der Waals surface area contributed by atoms with Crippen molar-refractivity contribution in [3.8, 4) is 16.5 Å². The molecule has 7 heteroatoms. The third kappa shape index (κ3) is 3.20. The first-order valence-corrected chi connectivity index (χ1v) is 8.05. The van der Waals surface area contributed by atoms with E-state index in [1.54, 1.807) is 36.3 Å². The molecule has 2 N–H and O–H groups in total. The fraction of sp³-hybridized carbons (Fsp3) is 0.143. The Morgan fingerprint density at radius 3 is 3.05 bits per heavy atom. The van der Waals surface area contributed by atoms with Crippen molar-refractivity contribution in [2.75, 3.05) is 12.8 Å². The normalized spacial score (nSPS) is 10.7. The second kappa shape index (κ2) is 6.19. The van der Waals surface area contributed by atoms with E-state index in [1.807, 2.05) is 29.6 Å². The lowest BCUT2D eigenvalue weighted by Crippen LogP contribution is -1.91. The van der Waals surface area contributed by atoms with E-state index in [1.165, 1.54) is 0 Å². The molecule has 5 nitrogen and oxygen atoms in total. The number of ether oxygens (including phenoxy) is 1. The highest BCUT2D eigenvalue weighted by molar-refractivity contribution is 7.98. The van der Waals surface area contributed by atoms with Gasteiger partial charge in [-0.15, -0.1) is 23.1 Å². The molecule has 3 rings (SSSR count). The summed E-state index contributed by atoms with van der Waals surface area (Å²) >= 11 is 3.16. The van der Waals surface area contributed by atoms with E-state index in [9.17, 15) is 0 Å². The second-order valence-corrected chi connectivity index (χ2v) is 6.16. The van der Waals surface area contributed by atoms with E-state index in [0.29, 0.717) is 23.2 Å². The Kier molecular flexibility index (Phi) is 4.12. The molecular formula is C14H13N3O2S2. The van der Waals surface area contributed by atoms with E-state index < -0.39 is 0 Å². The Balaban J connectivity index is 1.71. The topological polar surface area (TPSA) is 74.2 Å². The van der Waals surface area contributed by atoms with Gasteiger partial charge < -0.3 is 15.0 Å². The van der Waals surface area contributed by atoms with E-state index in [4.69, 9.17) is 15.0 Å². The standard InChI is InChI=1S/C14H13N3O2S2/c1-18-10-7-9(15)4-5-11(10)21-8-13-16-14(19-17-13)12-3-2-6-20-12/h2-7H,8,15H2,1H3. The quantitative estimate of drug-likeness (QED) is 0.571. The van der Waals surface area contributed by atoms with Gasteiger partial charge in [0.15, 0.2) is 5.82 Å². The van der Waals surface area contributed by atoms with Crippen LogP contribution in [0.2, 0.25) is 0 Å². The maximum atomic E-state index is 5.74. The molecule has 0 saturated carbocycles. The van der Waals surface area contributed by atoms with Gasteiger partial charge in [0.1, 0.15) is 5.75 Å². The molecule has 0 saturated heterocycles. The van der Waals surface area contributed by atoms with Crippen molar-refractivity contribution in [2.45, 2.75) is 10.6 Å². The summed E-state index contributed by atoms with van der Waals surface area (Å²) in [5.74, 6) is 2.57. The van der Waals surface area contributed by atoms with Gasteiger partial charge in [0, 0.05) is 16.6 Å². The predicted octanol–water partition coefficient (Wildman–Crippen LogP) is 3.68. The first-order valence-electron chi connectivity index (χ1n) is 6.19. The van der Waals surface area contributed by atoms with Crippen LogP contribution in [0.5, 0.6) is 5.75 Å². The van der Waals surface area contributed by atoms with Gasteiger partial charge in [-0.3, -0.25) is 0 Å². The van der Waals surface area contributed by atoms with Crippen molar-refractivity contribution in [1.82, 2.24) is 10.1 Å². The van der Waals surface area contributed by atoms with Crippen LogP contribution < -0.4 is 10.5 Å². The van der Waals surface area contributed by atoms with Crippen LogP contribution in [0.1, 0.15) is 5.82 Å². The Hall–Kier alpha value is -1.99. The van der Waals surface area contributed by atoms with E-state index in [2.05, 4.69) is 10.1 Å². The molecule has 3 aromatic rings. The zero-order chi connectivity index (χ0) is 14.7. The lowest BCUT2D eigenvalue weighted by molar-refractivity contribution is 0.405. The molecule has 21 heavy (non-hydrogen) atoms. The Bertz CT molecular complexity index is 726. The van der Waals surface area contributed by atoms with Gasteiger partial charge in [-0.1, -0.05) is 11.2 Å². The number of methoxy groups -OCH3 is 1. The smallest absolute Gasteiger partial charge is 0.268 e. The first-order chi connectivity index (χ1) is 10.3. The summed E-state index contributed by atoms with van der Waals surface area (Å²) < 4.78 is 10.6. The highest BCUT2D eigenvalue weighted by Crippen LogP contribution is 2.33. The van der Waals surface area contributed by atoms with Crippen LogP contribution >= 0.6 is 23.1 Å². The number of nitrogens with zero attached hydrogens (tertiary/aromatic N) is 2. The fourth-order valence-electron chi connectivity index (χ4n) is 1.76. The summed E-state index contributed by atoms with van der Waals surface area (Å²) in [7, 11) is 1.63. The Morgan fingerprint density at radius 1 is 1.38 bits per heavy atom. The van der Waals surface area contributed by atoms with Crippen molar-refractivity contribution in [2.24, 2.45) is 0 Å². The number of benzene rings is 1. The van der Waals surface area contributed by atoms with Crippen molar-refractivity contribution in [3.05, 3.63) is 41.5 Å². The number of thioether (sulfide) groups is 1. The largest absolute Gasteiger partial charge is 0.496 e. The second-order valence-electron chi connectivity index (χ2n) is 4.19. The van der Waals surface area contributed by atoms with Crippen molar-refractivity contribution < 1.29 is 9.26 Å². The summed E-state index contributed by atoms with van der Waals surface area (Å²) in [5, 5.41) is 5.97. The van der Waals surface area contributed by atoms with Crippen molar-refractivity contribution in [1.29, 1.82) is 0 Å². The lowest BCUT2D eigenvalue weighted by Gasteiger charge is -2.07. The average molecular weight is 319 g/mol. The molecule has 0 amide bonds. The maximum Gasteiger partial charge on any atom is 0.268 e. The maximum absolute atomic E-state index is 5.74. The summed E-state index contributed by atoms with van der Waals surface area (Å²) in [6.45, 7) is 0. The van der Waals surface area contributed by atoms with E-state index in [-0.39, 0.29) is 0 Å². The summed E-state index contributed by atoms with van der Waals surface area (Å²) in [6, 6.07) is 9.49. The molecule has 0 spiro atoms. The average Bonchev–Trinajstić information content (AvgIpc) is 3.16. The van der Waals surface area contributed by atoms with Crippen LogP contribution in [0.4, 0.5) is 5.69 Å². The Morgan fingerprint density at radius 2 is 2.29 bits per heavy atom. The number of thiophene rings is 1. The molecule has 1 aromatic carbocycles. The monoisotopic (exact) mass is 319 g/mol. The minimum atomic E-state index is 0.560. The number of hydrogen-bond donors (Lipinski definition) is 1. The molecule has 2 heterocycles. The summed E-state index contributed by atoms with van der Waals surface area (Å²) in [5.41, 5.74) is 6.42. The van der Waals surface area contributed by atoms with Gasteiger partial charge in [0.2, 0.25) is 0 Å². The molecule has 0 bridgehead atoms. The number of nitrogen functional groups attached to an aromatic ring is 1. The molecule has 0 aliphatic heterocycles. The number of nitrogens with two attached hydrogens (primary N) is 1. The molecule has 0 radical (unpaired) electrons. The summed E-state index contributed by atoms with van der Waals surface area (Å²) in [6.07, 6.45) is 0. The van der Waals surface area contributed by atoms with Crippen LogP contribution in [-0.4, -0.2) is 17.3 Å². The SMILES string of the molecule is COc1cc(N)ccc1SCc1noc(-c2cccs2)n1. The fourth-order valence-corrected chi connectivity index (χ4v) is 3.25. The van der Waals surface area contributed by atoms with Gasteiger partial charge in [-0.05, 0) is 23.6 Å². The lowest BCUT2D eigenvalue weighted by atomic mass is 10.3. The van der Waals surface area contributed by atoms with Crippen LogP contribution in [0.15, 0.2) is 45.1 Å². The number of anilines is 1. The van der Waals surface area contributed by atoms with Gasteiger partial charge in [-0.2, -0.15) is 4.98 Å². The molecule has 0 aliphatic rings. The predicted molar refractivity (Wildman–Crippen MR) is 84.6 cm³/mol. The van der Waals surface area contributed by atoms with E-state index in [0.717, 1.165) is 15.5 Å². The Labute approximate surface area is 130 Å². The number of rotatable bonds is 5.